The van der Waals surface area contributed by atoms with Crippen molar-refractivity contribution >= 4 is 11.9 Å². The highest BCUT2D eigenvalue weighted by atomic mass is 16.5. The lowest BCUT2D eigenvalue weighted by atomic mass is 10.3. The van der Waals surface area contributed by atoms with Crippen LogP contribution in [0.25, 0.3) is 0 Å². The monoisotopic (exact) mass is 231 g/mol. The molecule has 0 aromatic rings. The Morgan fingerprint density at radius 3 is 2.88 bits per heavy atom. The van der Waals surface area contributed by atoms with E-state index in [0.717, 1.165) is 0 Å². The largest absolute Gasteiger partial charge is 0.479 e. The molecule has 16 heavy (non-hydrogen) atoms. The van der Waals surface area contributed by atoms with Gasteiger partial charge in [-0.1, -0.05) is 0 Å². The van der Waals surface area contributed by atoms with E-state index in [9.17, 15) is 9.59 Å². The minimum absolute atomic E-state index is 0.0228. The Kier molecular flexibility index (Phi) is 4.70. The molecule has 0 aliphatic carbocycles. The molecule has 1 heterocycles. The van der Waals surface area contributed by atoms with Gasteiger partial charge in [-0.3, -0.25) is 4.79 Å². The molecule has 1 amide bonds. The maximum absolute atomic E-state index is 11.6. The van der Waals surface area contributed by atoms with Crippen molar-refractivity contribution in [2.24, 2.45) is 0 Å². The molecular weight excluding hydrogens is 214 g/mol. The van der Waals surface area contributed by atoms with Gasteiger partial charge in [0.25, 0.3) is 0 Å². The predicted octanol–water partition coefficient (Wildman–Crippen LogP) is -0.277. The summed E-state index contributed by atoms with van der Waals surface area (Å²) in [4.78, 5) is 23.7. The Morgan fingerprint density at radius 2 is 2.31 bits per heavy atom. The second-order valence-electron chi connectivity index (χ2n) is 3.81. The average Bonchev–Trinajstić information content (AvgIpc) is 2.25. The molecule has 1 N–H and O–H groups in total. The van der Waals surface area contributed by atoms with Crippen LogP contribution in [-0.2, 0) is 19.1 Å². The Hall–Kier alpha value is -1.14. The van der Waals surface area contributed by atoms with Crippen molar-refractivity contribution in [2.75, 3.05) is 26.3 Å². The van der Waals surface area contributed by atoms with E-state index in [1.165, 1.54) is 6.92 Å². The molecule has 1 aliphatic heterocycles. The van der Waals surface area contributed by atoms with Gasteiger partial charge < -0.3 is 19.5 Å². The Balaban J connectivity index is 2.31. The number of hydrogen-bond donors (Lipinski definition) is 1. The van der Waals surface area contributed by atoms with Crippen molar-refractivity contribution in [1.29, 1.82) is 0 Å². The van der Waals surface area contributed by atoms with Crippen LogP contribution in [0.1, 0.15) is 13.8 Å². The number of amides is 1. The quantitative estimate of drug-likeness (QED) is 0.720. The molecule has 6 nitrogen and oxygen atoms in total. The van der Waals surface area contributed by atoms with Crippen LogP contribution in [0.3, 0.4) is 0 Å². The first-order valence-electron chi connectivity index (χ1n) is 5.24. The number of morpholine rings is 1. The van der Waals surface area contributed by atoms with Crippen molar-refractivity contribution in [3.8, 4) is 0 Å². The second kappa shape index (κ2) is 5.81. The molecule has 0 bridgehead atoms. The lowest BCUT2D eigenvalue weighted by Gasteiger charge is -2.31. The van der Waals surface area contributed by atoms with Crippen molar-refractivity contribution in [1.82, 2.24) is 4.90 Å². The molecule has 2 atom stereocenters. The third kappa shape index (κ3) is 3.79. The fourth-order valence-electron chi connectivity index (χ4n) is 1.40. The highest BCUT2D eigenvalue weighted by molar-refractivity contribution is 5.78. The van der Waals surface area contributed by atoms with Crippen molar-refractivity contribution in [3.05, 3.63) is 0 Å². The van der Waals surface area contributed by atoms with Crippen molar-refractivity contribution in [2.45, 2.75) is 26.1 Å². The van der Waals surface area contributed by atoms with Gasteiger partial charge in [-0.15, -0.1) is 0 Å². The van der Waals surface area contributed by atoms with Crippen LogP contribution in [-0.4, -0.2) is 60.4 Å². The average molecular weight is 231 g/mol. The minimum Gasteiger partial charge on any atom is -0.479 e. The third-order valence-electron chi connectivity index (χ3n) is 2.40. The summed E-state index contributed by atoms with van der Waals surface area (Å²) in [5, 5.41) is 8.58. The van der Waals surface area contributed by atoms with Crippen LogP contribution < -0.4 is 0 Å². The van der Waals surface area contributed by atoms with Gasteiger partial charge >= 0.3 is 5.97 Å². The summed E-state index contributed by atoms with van der Waals surface area (Å²) >= 11 is 0. The third-order valence-corrected chi connectivity index (χ3v) is 2.40. The van der Waals surface area contributed by atoms with E-state index in [1.807, 2.05) is 6.92 Å². The van der Waals surface area contributed by atoms with E-state index < -0.39 is 12.1 Å². The first kappa shape index (κ1) is 12.9. The normalized spacial score (nSPS) is 22.9. The van der Waals surface area contributed by atoms with E-state index in [2.05, 4.69) is 0 Å². The number of carbonyl (C=O) groups excluding carboxylic acids is 1. The highest BCUT2D eigenvalue weighted by Gasteiger charge is 2.22. The highest BCUT2D eigenvalue weighted by Crippen LogP contribution is 2.05. The van der Waals surface area contributed by atoms with Gasteiger partial charge in [0.15, 0.2) is 6.10 Å². The lowest BCUT2D eigenvalue weighted by Crippen LogP contribution is -2.46. The predicted molar refractivity (Wildman–Crippen MR) is 55.0 cm³/mol. The van der Waals surface area contributed by atoms with Crippen molar-refractivity contribution in [3.63, 3.8) is 0 Å². The van der Waals surface area contributed by atoms with Crippen LogP contribution in [0.15, 0.2) is 0 Å². The summed E-state index contributed by atoms with van der Waals surface area (Å²) in [6, 6.07) is 0. The van der Waals surface area contributed by atoms with E-state index in [1.54, 1.807) is 4.90 Å². The summed E-state index contributed by atoms with van der Waals surface area (Å²) in [5.74, 6) is -1.26. The van der Waals surface area contributed by atoms with Crippen LogP contribution in [0.2, 0.25) is 0 Å². The van der Waals surface area contributed by atoms with E-state index >= 15 is 0 Å². The summed E-state index contributed by atoms with van der Waals surface area (Å²) in [6.45, 7) is 4.68. The van der Waals surface area contributed by atoms with Gasteiger partial charge in [0.1, 0.15) is 6.61 Å². The van der Waals surface area contributed by atoms with Gasteiger partial charge in [0.2, 0.25) is 5.91 Å². The topological polar surface area (TPSA) is 76.1 Å². The van der Waals surface area contributed by atoms with E-state index in [4.69, 9.17) is 14.6 Å². The Labute approximate surface area is 94.1 Å². The standard InChI is InChI=1S/C10H17NO5/c1-7-5-11(3-4-15-7)9(12)6-16-8(2)10(13)14/h7-8H,3-6H2,1-2H3,(H,13,14). The summed E-state index contributed by atoms with van der Waals surface area (Å²) in [5.41, 5.74) is 0. The first-order valence-corrected chi connectivity index (χ1v) is 5.24. The van der Waals surface area contributed by atoms with Gasteiger partial charge in [0.05, 0.1) is 12.7 Å². The molecule has 0 spiro atoms. The molecule has 0 saturated carbocycles. The van der Waals surface area contributed by atoms with Crippen LogP contribution in [0.5, 0.6) is 0 Å². The van der Waals surface area contributed by atoms with Crippen LogP contribution >= 0.6 is 0 Å². The SMILES string of the molecule is CC1CN(C(=O)COC(C)C(=O)O)CCO1. The smallest absolute Gasteiger partial charge is 0.332 e. The molecule has 0 radical (unpaired) electrons. The molecule has 1 fully saturated rings. The number of hydrogen-bond acceptors (Lipinski definition) is 4. The van der Waals surface area contributed by atoms with Gasteiger partial charge in [0, 0.05) is 13.1 Å². The molecule has 1 saturated heterocycles. The number of nitrogens with zero attached hydrogens (tertiary/aromatic N) is 1. The number of ether oxygens (including phenoxy) is 2. The first-order chi connectivity index (χ1) is 7.50. The molecule has 1 aliphatic rings. The number of carbonyl (C=O) groups is 2. The number of carboxylic acid groups (broad SMARTS) is 1. The zero-order chi connectivity index (χ0) is 12.1. The number of rotatable bonds is 4. The molecule has 2 unspecified atom stereocenters. The van der Waals surface area contributed by atoms with E-state index in [-0.39, 0.29) is 18.6 Å². The fraction of sp³-hybridized carbons (Fsp3) is 0.800. The molecular formula is C10H17NO5. The zero-order valence-electron chi connectivity index (χ0n) is 9.51. The van der Waals surface area contributed by atoms with Crippen LogP contribution in [0.4, 0.5) is 0 Å². The fourth-order valence-corrected chi connectivity index (χ4v) is 1.40. The maximum Gasteiger partial charge on any atom is 0.332 e. The zero-order valence-corrected chi connectivity index (χ0v) is 9.51. The number of carboxylic acids is 1. The molecule has 1 rings (SSSR count). The molecule has 0 aromatic heterocycles. The minimum atomic E-state index is -1.07. The summed E-state index contributed by atoms with van der Waals surface area (Å²) in [6.07, 6.45) is -0.933. The molecule has 6 heteroatoms. The van der Waals surface area contributed by atoms with Crippen LogP contribution in [0, 0.1) is 0 Å². The maximum atomic E-state index is 11.6. The van der Waals surface area contributed by atoms with Gasteiger partial charge in [-0.25, -0.2) is 4.79 Å². The Bertz CT molecular complexity index is 268. The second-order valence-corrected chi connectivity index (χ2v) is 3.81. The lowest BCUT2D eigenvalue weighted by molar-refractivity contribution is -0.155. The van der Waals surface area contributed by atoms with Gasteiger partial charge in [-0.05, 0) is 13.8 Å². The molecule has 0 aromatic carbocycles. The summed E-state index contributed by atoms with van der Waals surface area (Å²) < 4.78 is 10.2. The van der Waals surface area contributed by atoms with Gasteiger partial charge in [-0.2, -0.15) is 0 Å². The Morgan fingerprint density at radius 1 is 1.62 bits per heavy atom. The number of aliphatic carboxylic acids is 1. The van der Waals surface area contributed by atoms with E-state index in [0.29, 0.717) is 19.7 Å². The molecule has 92 valence electrons. The summed E-state index contributed by atoms with van der Waals surface area (Å²) in [7, 11) is 0. The van der Waals surface area contributed by atoms with Crippen molar-refractivity contribution < 1.29 is 24.2 Å².